The number of benzene rings is 1. The van der Waals surface area contributed by atoms with Gasteiger partial charge in [-0.3, -0.25) is 4.79 Å². The highest BCUT2D eigenvalue weighted by Crippen LogP contribution is 2.21. The summed E-state index contributed by atoms with van der Waals surface area (Å²) in [6.45, 7) is 3.85. The molecule has 0 aliphatic heterocycles. The van der Waals surface area contributed by atoms with E-state index >= 15 is 0 Å². The summed E-state index contributed by atoms with van der Waals surface area (Å²) in [6.07, 6.45) is 0.446. The average Bonchev–Trinajstić information content (AvgIpc) is 2.28. The fourth-order valence-corrected chi connectivity index (χ4v) is 1.92. The predicted molar refractivity (Wildman–Crippen MR) is 67.0 cm³/mol. The second kappa shape index (κ2) is 5.92. The lowest BCUT2D eigenvalue weighted by Gasteiger charge is -2.11. The van der Waals surface area contributed by atoms with Crippen molar-refractivity contribution in [3.8, 4) is 6.07 Å². The highest BCUT2D eigenvalue weighted by molar-refractivity contribution is 9.10. The number of halogens is 2. The zero-order valence-corrected chi connectivity index (χ0v) is 11.3. The molecule has 0 bridgehead atoms. The van der Waals surface area contributed by atoms with Gasteiger partial charge in [0.2, 0.25) is 0 Å². The van der Waals surface area contributed by atoms with Crippen LogP contribution in [0.25, 0.3) is 0 Å². The van der Waals surface area contributed by atoms with E-state index in [-0.39, 0.29) is 11.5 Å². The van der Waals surface area contributed by atoms with Crippen LogP contribution in [-0.2, 0) is 0 Å². The van der Waals surface area contributed by atoms with Crippen LogP contribution < -0.4 is 0 Å². The summed E-state index contributed by atoms with van der Waals surface area (Å²) in [7, 11) is 0. The molecule has 1 rings (SSSR count). The standard InChI is InChI=1S/C13H13BrFNO/c1-8(2)5-9(7-16)13(17)11-6-10(14)3-4-12(11)15/h3-4,6,8-9H,5H2,1-2H3. The first-order chi connectivity index (χ1) is 7.95. The van der Waals surface area contributed by atoms with Gasteiger partial charge in [-0.2, -0.15) is 5.26 Å². The Hall–Kier alpha value is -1.21. The van der Waals surface area contributed by atoms with E-state index < -0.39 is 17.5 Å². The third-order valence-electron chi connectivity index (χ3n) is 2.37. The number of carbonyl (C=O) groups is 1. The Morgan fingerprint density at radius 1 is 1.53 bits per heavy atom. The van der Waals surface area contributed by atoms with Crippen LogP contribution in [0.5, 0.6) is 0 Å². The number of ketones is 1. The van der Waals surface area contributed by atoms with Crippen molar-refractivity contribution >= 4 is 21.7 Å². The van der Waals surface area contributed by atoms with Gasteiger partial charge >= 0.3 is 0 Å². The minimum absolute atomic E-state index is 0.0217. The summed E-state index contributed by atoms with van der Waals surface area (Å²) < 4.78 is 14.1. The number of nitrogens with zero attached hydrogens (tertiary/aromatic N) is 1. The molecule has 0 saturated heterocycles. The molecular formula is C13H13BrFNO. The molecule has 0 N–H and O–H groups in total. The molecule has 1 aromatic carbocycles. The molecule has 0 spiro atoms. The lowest BCUT2D eigenvalue weighted by molar-refractivity contribution is 0.0932. The van der Waals surface area contributed by atoms with Gasteiger partial charge in [0, 0.05) is 4.47 Å². The maximum absolute atomic E-state index is 13.5. The minimum atomic E-state index is -0.779. The van der Waals surface area contributed by atoms with E-state index in [1.807, 2.05) is 19.9 Å². The van der Waals surface area contributed by atoms with E-state index in [4.69, 9.17) is 5.26 Å². The van der Waals surface area contributed by atoms with Gasteiger partial charge in [-0.25, -0.2) is 4.39 Å². The van der Waals surface area contributed by atoms with Crippen molar-refractivity contribution in [2.45, 2.75) is 20.3 Å². The third-order valence-corrected chi connectivity index (χ3v) is 2.87. The SMILES string of the molecule is CC(C)CC(C#N)C(=O)c1cc(Br)ccc1F. The van der Waals surface area contributed by atoms with Gasteiger partial charge in [-0.1, -0.05) is 29.8 Å². The third kappa shape index (κ3) is 3.64. The fourth-order valence-electron chi connectivity index (χ4n) is 1.56. The summed E-state index contributed by atoms with van der Waals surface area (Å²) in [5, 5.41) is 8.96. The Labute approximate surface area is 109 Å². The molecule has 1 aromatic rings. The summed E-state index contributed by atoms with van der Waals surface area (Å²) in [5.41, 5.74) is -0.0217. The highest BCUT2D eigenvalue weighted by Gasteiger charge is 2.23. The van der Waals surface area contributed by atoms with Crippen LogP contribution >= 0.6 is 15.9 Å². The van der Waals surface area contributed by atoms with Crippen molar-refractivity contribution in [1.82, 2.24) is 0 Å². The molecule has 17 heavy (non-hydrogen) atoms. The molecule has 0 heterocycles. The maximum Gasteiger partial charge on any atom is 0.182 e. The van der Waals surface area contributed by atoms with Crippen LogP contribution in [0.2, 0.25) is 0 Å². The second-order valence-electron chi connectivity index (χ2n) is 4.30. The fraction of sp³-hybridized carbons (Fsp3) is 0.385. The zero-order valence-electron chi connectivity index (χ0n) is 9.71. The number of nitriles is 1. The van der Waals surface area contributed by atoms with Gasteiger partial charge in [0.25, 0.3) is 0 Å². The van der Waals surface area contributed by atoms with Crippen molar-refractivity contribution in [3.63, 3.8) is 0 Å². The normalized spacial score (nSPS) is 12.2. The number of Topliss-reactive ketones (excluding diaryl/α,β-unsaturated/α-hetero) is 1. The molecule has 0 fully saturated rings. The lowest BCUT2D eigenvalue weighted by Crippen LogP contribution is -2.16. The van der Waals surface area contributed by atoms with Crippen LogP contribution in [0.3, 0.4) is 0 Å². The van der Waals surface area contributed by atoms with E-state index in [0.717, 1.165) is 0 Å². The van der Waals surface area contributed by atoms with Gasteiger partial charge in [-0.05, 0) is 30.5 Å². The van der Waals surface area contributed by atoms with Gasteiger partial charge in [0.1, 0.15) is 11.7 Å². The van der Waals surface area contributed by atoms with Crippen LogP contribution in [0.15, 0.2) is 22.7 Å². The minimum Gasteiger partial charge on any atom is -0.293 e. The molecular weight excluding hydrogens is 285 g/mol. The van der Waals surface area contributed by atoms with E-state index in [1.54, 1.807) is 0 Å². The summed E-state index contributed by atoms with van der Waals surface area (Å²) in [6, 6.07) is 6.11. The molecule has 0 aliphatic rings. The van der Waals surface area contributed by atoms with Gasteiger partial charge < -0.3 is 0 Å². The molecule has 0 radical (unpaired) electrons. The molecule has 0 aliphatic carbocycles. The Balaban J connectivity index is 3.02. The van der Waals surface area contributed by atoms with Crippen molar-refractivity contribution in [3.05, 3.63) is 34.1 Å². The Morgan fingerprint density at radius 2 is 2.18 bits per heavy atom. The van der Waals surface area contributed by atoms with E-state index in [1.165, 1.54) is 18.2 Å². The molecule has 2 nitrogen and oxygen atoms in total. The lowest BCUT2D eigenvalue weighted by atomic mass is 9.91. The topological polar surface area (TPSA) is 40.9 Å². The van der Waals surface area contributed by atoms with Gasteiger partial charge in [0.15, 0.2) is 5.78 Å². The average molecular weight is 298 g/mol. The number of carbonyl (C=O) groups excluding carboxylic acids is 1. The van der Waals surface area contributed by atoms with Crippen molar-refractivity contribution in [2.24, 2.45) is 11.8 Å². The van der Waals surface area contributed by atoms with Crippen LogP contribution in [-0.4, -0.2) is 5.78 Å². The number of rotatable bonds is 4. The molecule has 0 aromatic heterocycles. The molecule has 90 valence electrons. The monoisotopic (exact) mass is 297 g/mol. The van der Waals surface area contributed by atoms with E-state index in [0.29, 0.717) is 10.9 Å². The first-order valence-electron chi connectivity index (χ1n) is 5.34. The van der Waals surface area contributed by atoms with E-state index in [2.05, 4.69) is 15.9 Å². The maximum atomic E-state index is 13.5. The Morgan fingerprint density at radius 3 is 2.71 bits per heavy atom. The van der Waals surface area contributed by atoms with Crippen LogP contribution in [0.4, 0.5) is 4.39 Å². The van der Waals surface area contributed by atoms with Gasteiger partial charge in [0.05, 0.1) is 11.6 Å². The number of hydrogen-bond acceptors (Lipinski definition) is 2. The zero-order chi connectivity index (χ0) is 13.0. The number of hydrogen-bond donors (Lipinski definition) is 0. The summed E-state index contributed by atoms with van der Waals surface area (Å²) in [5.74, 6) is -1.58. The summed E-state index contributed by atoms with van der Waals surface area (Å²) in [4.78, 5) is 12.0. The molecule has 0 amide bonds. The quantitative estimate of drug-likeness (QED) is 0.789. The molecule has 0 saturated carbocycles. The summed E-state index contributed by atoms with van der Waals surface area (Å²) >= 11 is 3.18. The smallest absolute Gasteiger partial charge is 0.182 e. The van der Waals surface area contributed by atoms with E-state index in [9.17, 15) is 9.18 Å². The van der Waals surface area contributed by atoms with Crippen molar-refractivity contribution < 1.29 is 9.18 Å². The molecule has 1 unspecified atom stereocenters. The van der Waals surface area contributed by atoms with Crippen molar-refractivity contribution in [1.29, 1.82) is 5.26 Å². The molecule has 4 heteroatoms. The predicted octanol–water partition coefficient (Wildman–Crippen LogP) is 3.96. The largest absolute Gasteiger partial charge is 0.293 e. The molecule has 1 atom stereocenters. The first-order valence-corrected chi connectivity index (χ1v) is 6.14. The van der Waals surface area contributed by atoms with Crippen molar-refractivity contribution in [2.75, 3.05) is 0 Å². The Kier molecular flexibility index (Phi) is 4.83. The highest BCUT2D eigenvalue weighted by atomic mass is 79.9. The Bertz CT molecular complexity index is 465. The second-order valence-corrected chi connectivity index (χ2v) is 5.22. The van der Waals surface area contributed by atoms with Crippen LogP contribution in [0.1, 0.15) is 30.6 Å². The van der Waals surface area contributed by atoms with Crippen LogP contribution in [0, 0.1) is 29.0 Å². The first kappa shape index (κ1) is 13.9. The van der Waals surface area contributed by atoms with Gasteiger partial charge in [-0.15, -0.1) is 0 Å².